The maximum atomic E-state index is 13.8. The molecule has 0 bridgehead atoms. The zero-order valence-electron chi connectivity index (χ0n) is 27.7. The van der Waals surface area contributed by atoms with Crippen molar-refractivity contribution in [3.63, 3.8) is 0 Å². The number of alkyl carbamates (subject to hydrolysis) is 1. The number of halogens is 1. The van der Waals surface area contributed by atoms with Crippen molar-refractivity contribution in [3.8, 4) is 0 Å². The van der Waals surface area contributed by atoms with E-state index in [1.165, 1.54) is 4.90 Å². The van der Waals surface area contributed by atoms with E-state index in [1.807, 2.05) is 76.2 Å². The number of hydrogen-bond acceptors (Lipinski definition) is 6. The van der Waals surface area contributed by atoms with E-state index in [2.05, 4.69) is 16.0 Å². The van der Waals surface area contributed by atoms with Crippen LogP contribution in [0.2, 0.25) is 5.02 Å². The second-order valence-corrected chi connectivity index (χ2v) is 14.0. The van der Waals surface area contributed by atoms with Gasteiger partial charge in [0.15, 0.2) is 0 Å². The molecule has 254 valence electrons. The van der Waals surface area contributed by atoms with Crippen LogP contribution < -0.4 is 16.0 Å². The molecular weight excluding hydrogens is 620 g/mol. The molecule has 4 rings (SSSR count). The summed E-state index contributed by atoms with van der Waals surface area (Å²) in [6.45, 7) is 9.16. The molecule has 10 nitrogen and oxygen atoms in total. The van der Waals surface area contributed by atoms with E-state index >= 15 is 0 Å². The summed E-state index contributed by atoms with van der Waals surface area (Å²) >= 11 is 6.31. The van der Waals surface area contributed by atoms with Crippen LogP contribution in [0.1, 0.15) is 83.5 Å². The fourth-order valence-electron chi connectivity index (χ4n) is 6.35. The quantitative estimate of drug-likeness (QED) is 0.255. The molecule has 4 amide bonds. The Bertz CT molecular complexity index is 1430. The Balaban J connectivity index is 1.54. The second kappa shape index (κ2) is 16.3. The van der Waals surface area contributed by atoms with Crippen molar-refractivity contribution in [1.82, 2.24) is 20.9 Å². The van der Waals surface area contributed by atoms with E-state index in [4.69, 9.17) is 16.3 Å². The van der Waals surface area contributed by atoms with Crippen LogP contribution in [0, 0.1) is 11.8 Å². The van der Waals surface area contributed by atoms with E-state index < -0.39 is 53.2 Å². The number of carbonyl (C=O) groups is 5. The molecule has 3 N–H and O–H groups in total. The summed E-state index contributed by atoms with van der Waals surface area (Å²) in [6, 6.07) is 14.4. The van der Waals surface area contributed by atoms with Crippen molar-refractivity contribution in [2.75, 3.05) is 19.6 Å². The minimum Gasteiger partial charge on any atom is -0.440 e. The van der Waals surface area contributed by atoms with Crippen LogP contribution in [0.3, 0.4) is 0 Å². The molecule has 2 aliphatic heterocycles. The lowest BCUT2D eigenvalue weighted by Crippen LogP contribution is -2.55. The molecule has 1 unspecified atom stereocenters. The molecule has 47 heavy (non-hydrogen) atoms. The summed E-state index contributed by atoms with van der Waals surface area (Å²) in [5.41, 5.74) is 0.904. The molecule has 2 heterocycles. The van der Waals surface area contributed by atoms with Gasteiger partial charge in [0.25, 0.3) is 5.91 Å². The number of piperidine rings is 1. The van der Waals surface area contributed by atoms with Crippen LogP contribution in [0.15, 0.2) is 54.6 Å². The Morgan fingerprint density at radius 2 is 1.68 bits per heavy atom. The van der Waals surface area contributed by atoms with Gasteiger partial charge in [-0.25, -0.2) is 4.79 Å². The van der Waals surface area contributed by atoms with Gasteiger partial charge in [-0.05, 0) is 67.7 Å². The summed E-state index contributed by atoms with van der Waals surface area (Å²) in [6.07, 6.45) is 1.79. The maximum absolute atomic E-state index is 13.8. The molecule has 2 aromatic carbocycles. The lowest BCUT2D eigenvalue weighted by atomic mass is 9.76. The third-order valence-electron chi connectivity index (χ3n) is 9.04. The predicted octanol–water partition coefficient (Wildman–Crippen LogP) is 5.09. The molecule has 11 heteroatoms. The summed E-state index contributed by atoms with van der Waals surface area (Å²) in [7, 11) is 0. The number of likely N-dealkylation sites (tertiary alicyclic amines) is 1. The molecule has 0 radical (unpaired) electrons. The lowest BCUT2D eigenvalue weighted by Gasteiger charge is -2.35. The van der Waals surface area contributed by atoms with Crippen molar-refractivity contribution in [3.05, 3.63) is 70.7 Å². The third-order valence-corrected chi connectivity index (χ3v) is 9.27. The van der Waals surface area contributed by atoms with Gasteiger partial charge >= 0.3 is 6.09 Å². The smallest absolute Gasteiger partial charge is 0.408 e. The van der Waals surface area contributed by atoms with Gasteiger partial charge in [0.2, 0.25) is 17.6 Å². The first kappa shape index (κ1) is 35.9. The fraction of sp³-hybridized carbons (Fsp3) is 0.528. The minimum atomic E-state index is -1.21. The van der Waals surface area contributed by atoms with Crippen LogP contribution in [0.4, 0.5) is 4.79 Å². The van der Waals surface area contributed by atoms with Crippen LogP contribution in [0.25, 0.3) is 0 Å². The first-order valence-corrected chi connectivity index (χ1v) is 16.9. The normalized spacial score (nSPS) is 18.6. The molecule has 0 aromatic heterocycles. The topological polar surface area (TPSA) is 134 Å². The molecule has 2 saturated heterocycles. The zero-order chi connectivity index (χ0) is 34.1. The summed E-state index contributed by atoms with van der Waals surface area (Å²) in [5, 5.41) is 8.79. The summed E-state index contributed by atoms with van der Waals surface area (Å²) < 4.78 is 6.10. The van der Waals surface area contributed by atoms with Crippen LogP contribution in [-0.2, 0) is 29.3 Å². The number of nitrogens with zero attached hydrogens (tertiary/aromatic N) is 1. The molecule has 2 aromatic rings. The van der Waals surface area contributed by atoms with Crippen molar-refractivity contribution in [2.24, 2.45) is 11.8 Å². The van der Waals surface area contributed by atoms with Crippen molar-refractivity contribution in [1.29, 1.82) is 0 Å². The molecule has 0 aliphatic carbocycles. The number of nitrogens with one attached hydrogen (secondary N) is 3. The lowest BCUT2D eigenvalue weighted by molar-refractivity contribution is -0.147. The standard InChI is InChI=1S/C36H47ClN4O6/c1-23(2)20-29(33(44)39-28(21-25-16-17-38-32(25)43)30(42)34(45)41-18-9-6-10-19-41)40-35(46)47-31(24-12-7-5-8-13-24)36(3,4)26-14-11-15-27(37)22-26/h5,7-8,11-15,22-23,25,28-29,31H,6,9-10,16-21H2,1-4H3,(H,38,43)(H,39,44)(H,40,46)/t25-,28-,29-,31?/m0/s1. The monoisotopic (exact) mass is 666 g/mol. The molecule has 0 saturated carbocycles. The first-order valence-electron chi connectivity index (χ1n) is 16.6. The number of benzene rings is 2. The number of carbonyl (C=O) groups excluding carboxylic acids is 5. The van der Waals surface area contributed by atoms with E-state index in [-0.39, 0.29) is 24.7 Å². The molecule has 4 atom stereocenters. The van der Waals surface area contributed by atoms with E-state index in [0.29, 0.717) is 31.1 Å². The number of ketones is 1. The van der Waals surface area contributed by atoms with Crippen LogP contribution in [-0.4, -0.2) is 66.2 Å². The highest BCUT2D eigenvalue weighted by Gasteiger charge is 2.39. The number of amides is 4. The van der Waals surface area contributed by atoms with Gasteiger partial charge in [0.05, 0.1) is 6.04 Å². The minimum absolute atomic E-state index is 0.00125. The first-order chi connectivity index (χ1) is 22.4. The average molecular weight is 667 g/mol. The third kappa shape index (κ3) is 9.56. The van der Waals surface area contributed by atoms with E-state index in [1.54, 1.807) is 6.07 Å². The van der Waals surface area contributed by atoms with Crippen LogP contribution in [0.5, 0.6) is 0 Å². The Kier molecular flexibility index (Phi) is 12.4. The molecule has 2 aliphatic rings. The predicted molar refractivity (Wildman–Crippen MR) is 180 cm³/mol. The summed E-state index contributed by atoms with van der Waals surface area (Å²) in [5.74, 6) is -2.77. The molecule has 0 spiro atoms. The van der Waals surface area contributed by atoms with E-state index in [0.717, 1.165) is 30.4 Å². The number of rotatable bonds is 13. The Labute approximate surface area is 282 Å². The Morgan fingerprint density at radius 3 is 2.30 bits per heavy atom. The number of hydrogen-bond donors (Lipinski definition) is 3. The Hall–Kier alpha value is -3.92. The maximum Gasteiger partial charge on any atom is 0.408 e. The van der Waals surface area contributed by atoms with Gasteiger partial charge in [-0.3, -0.25) is 19.2 Å². The fourth-order valence-corrected chi connectivity index (χ4v) is 6.54. The van der Waals surface area contributed by atoms with Crippen molar-refractivity contribution < 1.29 is 28.7 Å². The van der Waals surface area contributed by atoms with Gasteiger partial charge in [-0.15, -0.1) is 0 Å². The van der Waals surface area contributed by atoms with E-state index in [9.17, 15) is 24.0 Å². The number of Topliss-reactive ketones (excluding diaryl/α,β-unsaturated/α-hetero) is 1. The second-order valence-electron chi connectivity index (χ2n) is 13.5. The van der Waals surface area contributed by atoms with Gasteiger partial charge < -0.3 is 25.6 Å². The molecule has 2 fully saturated rings. The highest BCUT2D eigenvalue weighted by atomic mass is 35.5. The highest BCUT2D eigenvalue weighted by molar-refractivity contribution is 6.38. The highest BCUT2D eigenvalue weighted by Crippen LogP contribution is 2.40. The SMILES string of the molecule is CC(C)C[C@H](NC(=O)OC(c1ccccc1)C(C)(C)c1cccc(Cl)c1)C(=O)N[C@@H](C[C@@H]1CCNC1=O)C(=O)C(=O)N1CCCCC1. The average Bonchev–Trinajstić information content (AvgIpc) is 3.46. The van der Waals surface area contributed by atoms with Crippen molar-refractivity contribution in [2.45, 2.75) is 89.8 Å². The Morgan fingerprint density at radius 1 is 0.979 bits per heavy atom. The number of ether oxygens (including phenoxy) is 1. The summed E-state index contributed by atoms with van der Waals surface area (Å²) in [4.78, 5) is 68.1. The van der Waals surface area contributed by atoms with Crippen LogP contribution >= 0.6 is 11.6 Å². The molecular formula is C36H47ClN4O6. The van der Waals surface area contributed by atoms with Gasteiger partial charge in [0, 0.05) is 36.0 Å². The zero-order valence-corrected chi connectivity index (χ0v) is 28.5. The van der Waals surface area contributed by atoms with Gasteiger partial charge in [-0.1, -0.05) is 81.8 Å². The van der Waals surface area contributed by atoms with Crippen molar-refractivity contribution >= 4 is 41.2 Å². The van der Waals surface area contributed by atoms with Gasteiger partial charge in [-0.2, -0.15) is 0 Å². The van der Waals surface area contributed by atoms with Gasteiger partial charge in [0.1, 0.15) is 12.1 Å². The largest absolute Gasteiger partial charge is 0.440 e.